The van der Waals surface area contributed by atoms with Crippen molar-refractivity contribution in [1.82, 2.24) is 0 Å². The van der Waals surface area contributed by atoms with Crippen molar-refractivity contribution >= 4 is 17.9 Å². The SMILES string of the molecule is CC/C=C\C/C=C\C/C=C\C/C=C\CCCCCCCCCCCCC(=O)OC(COC(=O)CCCCCCCCCCC)COC(=O)CCCCCCCCCCCCCCCCCCC/C=C\C/C=C\CCCCCCC. The minimum atomic E-state index is -0.775. The zero-order valence-electron chi connectivity index (χ0n) is 52.6. The lowest BCUT2D eigenvalue weighted by Crippen LogP contribution is -2.30. The average Bonchev–Trinajstić information content (AvgIpc) is 3.45. The number of rotatable bonds is 63. The molecule has 0 saturated heterocycles. The van der Waals surface area contributed by atoms with E-state index in [0.717, 1.165) is 89.9 Å². The van der Waals surface area contributed by atoms with Gasteiger partial charge in [0.1, 0.15) is 13.2 Å². The van der Waals surface area contributed by atoms with E-state index >= 15 is 0 Å². The molecule has 458 valence electrons. The molecule has 0 saturated carbocycles. The number of allylic oxidation sites excluding steroid dienone is 12. The number of unbranched alkanes of at least 4 members (excludes halogenated alkanes) is 40. The summed E-state index contributed by atoms with van der Waals surface area (Å²) in [5, 5.41) is 0. The second-order valence-corrected chi connectivity index (χ2v) is 23.1. The summed E-state index contributed by atoms with van der Waals surface area (Å²) in [7, 11) is 0. The van der Waals surface area contributed by atoms with Gasteiger partial charge in [-0.2, -0.15) is 0 Å². The number of hydrogen-bond acceptors (Lipinski definition) is 6. The first-order chi connectivity index (χ1) is 39.0. The molecule has 0 aliphatic heterocycles. The number of carbonyl (C=O) groups excluding carboxylic acids is 3. The van der Waals surface area contributed by atoms with Crippen molar-refractivity contribution in [3.05, 3.63) is 72.9 Å². The Hall–Kier alpha value is -3.15. The molecule has 0 aliphatic carbocycles. The molecule has 6 heteroatoms. The van der Waals surface area contributed by atoms with E-state index in [0.29, 0.717) is 19.3 Å². The maximum absolute atomic E-state index is 12.9. The van der Waals surface area contributed by atoms with Crippen molar-refractivity contribution in [2.24, 2.45) is 0 Å². The third-order valence-corrected chi connectivity index (χ3v) is 15.2. The van der Waals surface area contributed by atoms with Crippen LogP contribution < -0.4 is 0 Å². The van der Waals surface area contributed by atoms with Crippen LogP contribution in [0.5, 0.6) is 0 Å². The van der Waals surface area contributed by atoms with E-state index in [4.69, 9.17) is 14.2 Å². The predicted octanol–water partition coefficient (Wildman–Crippen LogP) is 23.7. The van der Waals surface area contributed by atoms with Crippen molar-refractivity contribution in [1.29, 1.82) is 0 Å². The molecule has 0 heterocycles. The van der Waals surface area contributed by atoms with Gasteiger partial charge in [-0.25, -0.2) is 0 Å². The van der Waals surface area contributed by atoms with Gasteiger partial charge in [-0.1, -0.05) is 318 Å². The largest absolute Gasteiger partial charge is 0.462 e. The van der Waals surface area contributed by atoms with Crippen molar-refractivity contribution in [2.75, 3.05) is 13.2 Å². The molecule has 0 N–H and O–H groups in total. The fourth-order valence-electron chi connectivity index (χ4n) is 10.1. The van der Waals surface area contributed by atoms with Gasteiger partial charge in [-0.3, -0.25) is 14.4 Å². The Labute approximate surface area is 491 Å². The molecule has 0 aromatic heterocycles. The van der Waals surface area contributed by atoms with Gasteiger partial charge in [0.25, 0.3) is 0 Å². The number of carbonyl (C=O) groups is 3. The summed E-state index contributed by atoms with van der Waals surface area (Å²) < 4.78 is 16.9. The van der Waals surface area contributed by atoms with Crippen LogP contribution >= 0.6 is 0 Å². The molecule has 0 amide bonds. The predicted molar refractivity (Wildman–Crippen MR) is 344 cm³/mol. The Morgan fingerprint density at radius 2 is 0.494 bits per heavy atom. The zero-order chi connectivity index (χ0) is 57.1. The summed E-state index contributed by atoms with van der Waals surface area (Å²) in [6.45, 7) is 6.54. The number of ether oxygens (including phenoxy) is 3. The molecule has 0 spiro atoms. The fraction of sp³-hybridized carbons (Fsp3) is 0.795. The first-order valence-electron chi connectivity index (χ1n) is 34.4. The Morgan fingerprint density at radius 3 is 0.772 bits per heavy atom. The first-order valence-corrected chi connectivity index (χ1v) is 34.4. The van der Waals surface area contributed by atoms with Crippen molar-refractivity contribution in [3.63, 3.8) is 0 Å². The van der Waals surface area contributed by atoms with Crippen LogP contribution in [-0.2, 0) is 28.6 Å². The van der Waals surface area contributed by atoms with E-state index in [2.05, 4.69) is 93.7 Å². The van der Waals surface area contributed by atoms with Crippen LogP contribution in [0.4, 0.5) is 0 Å². The molecule has 1 unspecified atom stereocenters. The Bertz CT molecular complexity index is 1450. The van der Waals surface area contributed by atoms with Crippen LogP contribution in [0, 0.1) is 0 Å². The highest BCUT2D eigenvalue weighted by atomic mass is 16.6. The lowest BCUT2D eigenvalue weighted by Gasteiger charge is -2.18. The maximum atomic E-state index is 12.9. The molecular formula is C73H130O6. The van der Waals surface area contributed by atoms with Crippen LogP contribution in [0.1, 0.15) is 355 Å². The molecule has 0 radical (unpaired) electrons. The Balaban J connectivity index is 4.13. The van der Waals surface area contributed by atoms with E-state index in [9.17, 15) is 14.4 Å². The van der Waals surface area contributed by atoms with E-state index in [1.165, 1.54) is 225 Å². The number of esters is 3. The molecule has 0 aliphatic rings. The lowest BCUT2D eigenvalue weighted by atomic mass is 10.0. The molecule has 0 aromatic carbocycles. The first kappa shape index (κ1) is 75.8. The van der Waals surface area contributed by atoms with Gasteiger partial charge in [0, 0.05) is 19.3 Å². The summed E-state index contributed by atoms with van der Waals surface area (Å²) in [4.78, 5) is 38.3. The molecule has 1 atom stereocenters. The van der Waals surface area contributed by atoms with Crippen LogP contribution in [0.2, 0.25) is 0 Å². The van der Waals surface area contributed by atoms with Crippen LogP contribution in [-0.4, -0.2) is 37.2 Å². The summed E-state index contributed by atoms with van der Waals surface area (Å²) in [6, 6.07) is 0. The normalized spacial score (nSPS) is 12.5. The van der Waals surface area contributed by atoms with Gasteiger partial charge < -0.3 is 14.2 Å². The van der Waals surface area contributed by atoms with E-state index in [1.807, 2.05) is 0 Å². The monoisotopic (exact) mass is 1100 g/mol. The van der Waals surface area contributed by atoms with Crippen LogP contribution in [0.3, 0.4) is 0 Å². The van der Waals surface area contributed by atoms with Crippen molar-refractivity contribution in [2.45, 2.75) is 361 Å². The smallest absolute Gasteiger partial charge is 0.306 e. The second kappa shape index (κ2) is 67.4. The van der Waals surface area contributed by atoms with Crippen molar-refractivity contribution in [3.8, 4) is 0 Å². The molecule has 0 bridgehead atoms. The van der Waals surface area contributed by atoms with Crippen LogP contribution in [0.15, 0.2) is 72.9 Å². The summed E-state index contributed by atoms with van der Waals surface area (Å²) in [6.07, 6.45) is 88.0. The lowest BCUT2D eigenvalue weighted by molar-refractivity contribution is -0.167. The summed E-state index contributed by atoms with van der Waals surface area (Å²) in [5.41, 5.74) is 0. The highest BCUT2D eigenvalue weighted by molar-refractivity contribution is 5.71. The molecule has 79 heavy (non-hydrogen) atoms. The summed E-state index contributed by atoms with van der Waals surface area (Å²) >= 11 is 0. The Morgan fingerprint density at radius 1 is 0.266 bits per heavy atom. The van der Waals surface area contributed by atoms with Crippen LogP contribution in [0.25, 0.3) is 0 Å². The van der Waals surface area contributed by atoms with Gasteiger partial charge in [-0.05, 0) is 89.9 Å². The topological polar surface area (TPSA) is 78.9 Å². The highest BCUT2D eigenvalue weighted by Crippen LogP contribution is 2.18. The molecule has 0 aromatic rings. The second-order valence-electron chi connectivity index (χ2n) is 23.1. The quantitative estimate of drug-likeness (QED) is 0.0261. The number of hydrogen-bond donors (Lipinski definition) is 0. The van der Waals surface area contributed by atoms with Gasteiger partial charge in [0.2, 0.25) is 0 Å². The molecule has 6 nitrogen and oxygen atoms in total. The standard InChI is InChI=1S/C73H130O6/c1-4-7-10-13-16-19-21-23-25-27-29-31-33-34-35-36-37-38-40-41-43-45-47-49-51-54-57-60-63-66-72(75)78-69-70(68-77-71(74)65-62-59-56-53-18-15-12-9-6-3)79-73(76)67-64-61-58-55-52-50-48-46-44-42-39-32-30-28-26-24-22-20-17-14-11-8-5-2/h8,11,17,20-21,23-24,26-27,29-30,32,70H,4-7,9-10,12-16,18-19,22,25,28,31,33-69H2,1-3H3/b11-8-,20-17-,23-21-,26-24-,29-27-,32-30-. The summed E-state index contributed by atoms with van der Waals surface area (Å²) in [5.74, 6) is -0.861. The van der Waals surface area contributed by atoms with Gasteiger partial charge >= 0.3 is 17.9 Å². The van der Waals surface area contributed by atoms with E-state index < -0.39 is 6.10 Å². The van der Waals surface area contributed by atoms with E-state index in [1.54, 1.807) is 0 Å². The third-order valence-electron chi connectivity index (χ3n) is 15.2. The third kappa shape index (κ3) is 65.5. The zero-order valence-corrected chi connectivity index (χ0v) is 52.6. The van der Waals surface area contributed by atoms with Crippen molar-refractivity contribution < 1.29 is 28.6 Å². The van der Waals surface area contributed by atoms with Gasteiger partial charge in [0.15, 0.2) is 6.10 Å². The molecule has 0 rings (SSSR count). The van der Waals surface area contributed by atoms with Gasteiger partial charge in [0.05, 0.1) is 0 Å². The minimum absolute atomic E-state index is 0.0728. The fourth-order valence-corrected chi connectivity index (χ4v) is 10.1. The molecular weight excluding hydrogens is 973 g/mol. The molecule has 0 fully saturated rings. The Kier molecular flexibility index (Phi) is 64.7. The average molecular weight is 1100 g/mol. The highest BCUT2D eigenvalue weighted by Gasteiger charge is 2.19. The maximum Gasteiger partial charge on any atom is 0.306 e. The minimum Gasteiger partial charge on any atom is -0.462 e. The van der Waals surface area contributed by atoms with Gasteiger partial charge in [-0.15, -0.1) is 0 Å². The van der Waals surface area contributed by atoms with E-state index in [-0.39, 0.29) is 31.1 Å².